The molecule has 1 aromatic rings. The molecule has 1 aromatic carbocycles. The standard InChI is InChI=1S/C13H17F3O/c1-5-17-11-7-9(12(2,3)4)6-10(8-11)13(14,15)16/h6-8H,5H2,1-4H3. The van der Waals surface area contributed by atoms with E-state index in [0.29, 0.717) is 12.2 Å². The van der Waals surface area contributed by atoms with E-state index in [1.807, 2.05) is 20.8 Å². The molecular weight excluding hydrogens is 229 g/mol. The lowest BCUT2D eigenvalue weighted by Crippen LogP contribution is -2.14. The summed E-state index contributed by atoms with van der Waals surface area (Å²) in [5, 5.41) is 0. The van der Waals surface area contributed by atoms with Gasteiger partial charge in [0.1, 0.15) is 5.75 Å². The molecule has 0 fully saturated rings. The Labute approximate surface area is 99.6 Å². The normalized spacial score (nSPS) is 12.6. The molecule has 0 unspecified atom stereocenters. The molecule has 0 saturated heterocycles. The van der Waals surface area contributed by atoms with Crippen LogP contribution in [0.1, 0.15) is 38.8 Å². The third-order valence-electron chi connectivity index (χ3n) is 2.41. The van der Waals surface area contributed by atoms with E-state index in [4.69, 9.17) is 4.74 Å². The van der Waals surface area contributed by atoms with Crippen molar-refractivity contribution in [2.75, 3.05) is 6.61 Å². The Morgan fingerprint density at radius 2 is 1.53 bits per heavy atom. The Bertz CT molecular complexity index is 356. The van der Waals surface area contributed by atoms with Crippen LogP contribution >= 0.6 is 0 Å². The first-order valence-corrected chi connectivity index (χ1v) is 5.50. The minimum Gasteiger partial charge on any atom is -0.494 e. The van der Waals surface area contributed by atoms with Gasteiger partial charge in [0.25, 0.3) is 0 Å². The summed E-state index contributed by atoms with van der Waals surface area (Å²) in [5.41, 5.74) is -0.378. The molecule has 96 valence electrons. The number of hydrogen-bond donors (Lipinski definition) is 0. The number of rotatable bonds is 2. The van der Waals surface area contributed by atoms with Crippen molar-refractivity contribution in [2.45, 2.75) is 39.3 Å². The average molecular weight is 246 g/mol. The van der Waals surface area contributed by atoms with Crippen molar-refractivity contribution in [3.8, 4) is 5.75 Å². The fourth-order valence-corrected chi connectivity index (χ4v) is 1.45. The molecule has 0 amide bonds. The summed E-state index contributed by atoms with van der Waals surface area (Å²) in [6.45, 7) is 7.72. The van der Waals surface area contributed by atoms with Crippen LogP contribution in [-0.4, -0.2) is 6.61 Å². The second kappa shape index (κ2) is 4.59. The van der Waals surface area contributed by atoms with Gasteiger partial charge in [0.05, 0.1) is 12.2 Å². The second-order valence-electron chi connectivity index (χ2n) is 4.93. The van der Waals surface area contributed by atoms with Crippen molar-refractivity contribution < 1.29 is 17.9 Å². The number of ether oxygens (including phenoxy) is 1. The lowest BCUT2D eigenvalue weighted by Gasteiger charge is -2.22. The van der Waals surface area contributed by atoms with Gasteiger partial charge in [-0.3, -0.25) is 0 Å². The molecule has 0 spiro atoms. The van der Waals surface area contributed by atoms with E-state index < -0.39 is 11.7 Å². The zero-order valence-corrected chi connectivity index (χ0v) is 10.5. The molecule has 0 bridgehead atoms. The van der Waals surface area contributed by atoms with Crippen molar-refractivity contribution in [1.29, 1.82) is 0 Å². The highest BCUT2D eigenvalue weighted by Gasteiger charge is 2.32. The Kier molecular flexibility index (Phi) is 3.74. The van der Waals surface area contributed by atoms with Crippen molar-refractivity contribution >= 4 is 0 Å². The zero-order chi connectivity index (χ0) is 13.3. The van der Waals surface area contributed by atoms with Crippen LogP contribution in [0, 0.1) is 0 Å². The van der Waals surface area contributed by atoms with Crippen LogP contribution in [0.15, 0.2) is 18.2 Å². The molecule has 1 nitrogen and oxygen atoms in total. The molecule has 0 saturated carbocycles. The van der Waals surface area contributed by atoms with Crippen molar-refractivity contribution in [1.82, 2.24) is 0 Å². The average Bonchev–Trinajstić information content (AvgIpc) is 2.15. The zero-order valence-electron chi connectivity index (χ0n) is 10.5. The van der Waals surface area contributed by atoms with Crippen LogP contribution in [-0.2, 0) is 11.6 Å². The first-order valence-electron chi connectivity index (χ1n) is 5.50. The maximum absolute atomic E-state index is 12.7. The highest BCUT2D eigenvalue weighted by molar-refractivity contribution is 5.39. The molecule has 0 aliphatic heterocycles. The molecule has 0 aliphatic carbocycles. The first-order chi connectivity index (χ1) is 7.64. The summed E-state index contributed by atoms with van der Waals surface area (Å²) in [4.78, 5) is 0. The summed E-state index contributed by atoms with van der Waals surface area (Å²) in [6.07, 6.45) is -4.34. The number of alkyl halides is 3. The summed E-state index contributed by atoms with van der Waals surface area (Å²) >= 11 is 0. The maximum Gasteiger partial charge on any atom is 0.416 e. The lowest BCUT2D eigenvalue weighted by molar-refractivity contribution is -0.137. The fourth-order valence-electron chi connectivity index (χ4n) is 1.45. The van der Waals surface area contributed by atoms with Crippen LogP contribution < -0.4 is 4.74 Å². The second-order valence-corrected chi connectivity index (χ2v) is 4.93. The highest BCUT2D eigenvalue weighted by atomic mass is 19.4. The van der Waals surface area contributed by atoms with Gasteiger partial charge in [-0.25, -0.2) is 0 Å². The summed E-state index contributed by atoms with van der Waals surface area (Å²) in [7, 11) is 0. The number of halogens is 3. The maximum atomic E-state index is 12.7. The summed E-state index contributed by atoms with van der Waals surface area (Å²) in [6, 6.07) is 3.89. The first kappa shape index (κ1) is 13.9. The molecule has 0 aromatic heterocycles. The van der Waals surface area contributed by atoms with Crippen molar-refractivity contribution in [2.24, 2.45) is 0 Å². The van der Waals surface area contributed by atoms with Gasteiger partial charge >= 0.3 is 6.18 Å². The Morgan fingerprint density at radius 1 is 1.00 bits per heavy atom. The van der Waals surface area contributed by atoms with Gasteiger partial charge in [0, 0.05) is 0 Å². The van der Waals surface area contributed by atoms with E-state index in [1.165, 1.54) is 6.07 Å². The van der Waals surface area contributed by atoms with E-state index in [1.54, 1.807) is 13.0 Å². The molecule has 0 atom stereocenters. The smallest absolute Gasteiger partial charge is 0.416 e. The van der Waals surface area contributed by atoms with E-state index in [-0.39, 0.29) is 11.2 Å². The van der Waals surface area contributed by atoms with Gasteiger partial charge in [-0.1, -0.05) is 20.8 Å². The predicted octanol–water partition coefficient (Wildman–Crippen LogP) is 4.40. The monoisotopic (exact) mass is 246 g/mol. The Morgan fingerprint density at radius 3 is 1.94 bits per heavy atom. The predicted molar refractivity (Wildman–Crippen MR) is 61.3 cm³/mol. The van der Waals surface area contributed by atoms with Crippen LogP contribution in [0.4, 0.5) is 13.2 Å². The molecule has 17 heavy (non-hydrogen) atoms. The number of hydrogen-bond acceptors (Lipinski definition) is 1. The van der Waals surface area contributed by atoms with E-state index in [9.17, 15) is 13.2 Å². The largest absolute Gasteiger partial charge is 0.494 e. The van der Waals surface area contributed by atoms with Gasteiger partial charge in [-0.05, 0) is 36.1 Å². The van der Waals surface area contributed by atoms with Gasteiger partial charge in [0.15, 0.2) is 0 Å². The summed E-state index contributed by atoms with van der Waals surface area (Å²) < 4.78 is 43.3. The van der Waals surface area contributed by atoms with Gasteiger partial charge in [-0.2, -0.15) is 13.2 Å². The molecule has 0 N–H and O–H groups in total. The quantitative estimate of drug-likeness (QED) is 0.751. The molecule has 0 heterocycles. The summed E-state index contributed by atoms with van der Waals surface area (Å²) in [5.74, 6) is 0.271. The van der Waals surface area contributed by atoms with Gasteiger partial charge in [0.2, 0.25) is 0 Å². The molecule has 1 rings (SSSR count). The van der Waals surface area contributed by atoms with Crippen molar-refractivity contribution in [3.63, 3.8) is 0 Å². The number of benzene rings is 1. The molecule has 0 radical (unpaired) electrons. The van der Waals surface area contributed by atoms with E-state index in [0.717, 1.165) is 6.07 Å². The third-order valence-corrected chi connectivity index (χ3v) is 2.41. The fraction of sp³-hybridized carbons (Fsp3) is 0.538. The van der Waals surface area contributed by atoms with Gasteiger partial charge < -0.3 is 4.74 Å². The van der Waals surface area contributed by atoms with Crippen LogP contribution in [0.2, 0.25) is 0 Å². The van der Waals surface area contributed by atoms with Crippen molar-refractivity contribution in [3.05, 3.63) is 29.3 Å². The van der Waals surface area contributed by atoms with Crippen LogP contribution in [0.5, 0.6) is 5.75 Å². The topological polar surface area (TPSA) is 9.23 Å². The minimum absolute atomic E-state index is 0.271. The SMILES string of the molecule is CCOc1cc(C(C)(C)C)cc(C(F)(F)F)c1. The van der Waals surface area contributed by atoms with Crippen LogP contribution in [0.3, 0.4) is 0 Å². The van der Waals surface area contributed by atoms with E-state index >= 15 is 0 Å². The molecule has 0 aliphatic rings. The Balaban J connectivity index is 3.29. The Hall–Kier alpha value is -1.19. The highest BCUT2D eigenvalue weighted by Crippen LogP contribution is 2.35. The minimum atomic E-state index is -4.34. The molecular formula is C13H17F3O. The van der Waals surface area contributed by atoms with E-state index in [2.05, 4.69) is 0 Å². The molecule has 4 heteroatoms. The van der Waals surface area contributed by atoms with Gasteiger partial charge in [-0.15, -0.1) is 0 Å². The third kappa shape index (κ3) is 3.65. The lowest BCUT2D eigenvalue weighted by atomic mass is 9.86. The van der Waals surface area contributed by atoms with Crippen LogP contribution in [0.25, 0.3) is 0 Å².